The number of hydrogen-bond acceptors (Lipinski definition) is 5. The van der Waals surface area contributed by atoms with Crippen LogP contribution in [0.4, 0.5) is 0 Å². The molecule has 4 heterocycles. The van der Waals surface area contributed by atoms with Crippen LogP contribution < -0.4 is 0 Å². The van der Waals surface area contributed by atoms with Crippen molar-refractivity contribution >= 4 is 84.8 Å². The minimum atomic E-state index is -0.0342. The first-order chi connectivity index (χ1) is 38.8. The maximum atomic E-state index is 5.52. The molecule has 0 saturated carbocycles. The predicted octanol–water partition coefficient (Wildman–Crippen LogP) is 20.7. The van der Waals surface area contributed by atoms with Crippen LogP contribution in [0.5, 0.6) is 0 Å². The zero-order valence-electron chi connectivity index (χ0n) is 43.8. The van der Waals surface area contributed by atoms with Gasteiger partial charge in [-0.1, -0.05) is 209 Å². The van der Waals surface area contributed by atoms with Crippen LogP contribution in [-0.2, 0) is 5.41 Å². The second-order valence-corrected chi connectivity index (χ2v) is 23.7. The van der Waals surface area contributed by atoms with Gasteiger partial charge in [-0.15, -0.1) is 22.7 Å². The van der Waals surface area contributed by atoms with Crippen molar-refractivity contribution < 1.29 is 0 Å². The molecule has 0 radical (unpaired) electrons. The Bertz CT molecular complexity index is 4620. The van der Waals surface area contributed by atoms with Gasteiger partial charge >= 0.3 is 0 Å². The minimum Gasteiger partial charge on any atom is -0.308 e. The molecule has 79 heavy (non-hydrogen) atoms. The molecular formula is C73H50N4S2. The van der Waals surface area contributed by atoms with Crippen molar-refractivity contribution in [2.75, 3.05) is 0 Å². The summed E-state index contributed by atoms with van der Waals surface area (Å²) in [4.78, 5) is 16.4. The molecule has 6 heteroatoms. The smallest absolute Gasteiger partial charge is 0.164 e. The first-order valence-electron chi connectivity index (χ1n) is 26.9. The fraction of sp³-hybridized carbons (Fsp3) is 0.0548. The molecule has 0 saturated heterocycles. The predicted molar refractivity (Wildman–Crippen MR) is 337 cm³/mol. The van der Waals surface area contributed by atoms with Gasteiger partial charge in [0.2, 0.25) is 0 Å². The summed E-state index contributed by atoms with van der Waals surface area (Å²) < 4.78 is 7.43. The molecule has 4 aromatic heterocycles. The fourth-order valence-electron chi connectivity index (χ4n) is 11.6. The summed E-state index contributed by atoms with van der Waals surface area (Å²) in [7, 11) is 0. The molecule has 11 aromatic carbocycles. The Hall–Kier alpha value is -9.33. The molecule has 374 valence electrons. The third-order valence-corrected chi connectivity index (χ3v) is 17.9. The number of nitrogens with zero attached hydrogens (tertiary/aromatic N) is 4. The second-order valence-electron chi connectivity index (χ2n) is 21.6. The van der Waals surface area contributed by atoms with Crippen LogP contribution in [0.15, 0.2) is 249 Å². The Morgan fingerprint density at radius 3 is 1.14 bits per heavy atom. The van der Waals surface area contributed by atoms with Crippen molar-refractivity contribution in [2.45, 2.75) is 26.2 Å². The van der Waals surface area contributed by atoms with Gasteiger partial charge in [-0.25, -0.2) is 15.0 Å². The van der Waals surface area contributed by atoms with Gasteiger partial charge < -0.3 is 4.57 Å². The molecule has 0 N–H and O–H groups in total. The van der Waals surface area contributed by atoms with E-state index in [1.54, 1.807) is 22.7 Å². The average molecular weight is 1050 g/mol. The number of fused-ring (bicyclic) bond motifs is 9. The summed E-state index contributed by atoms with van der Waals surface area (Å²) in [5, 5.41) is 7.36. The molecule has 0 bridgehead atoms. The van der Waals surface area contributed by atoms with Crippen LogP contribution in [0.2, 0.25) is 0 Å². The lowest BCUT2D eigenvalue weighted by Crippen LogP contribution is -2.10. The molecule has 0 aliphatic heterocycles. The second kappa shape index (κ2) is 18.7. The summed E-state index contributed by atoms with van der Waals surface area (Å²) in [6.45, 7) is 6.83. The van der Waals surface area contributed by atoms with Crippen LogP contribution in [-0.4, -0.2) is 19.5 Å². The summed E-state index contributed by atoms with van der Waals surface area (Å²) >= 11 is 3.61. The van der Waals surface area contributed by atoms with Crippen molar-refractivity contribution in [2.24, 2.45) is 0 Å². The van der Waals surface area contributed by atoms with E-state index in [1.807, 2.05) is 0 Å². The third-order valence-electron chi connectivity index (χ3n) is 15.6. The highest BCUT2D eigenvalue weighted by Gasteiger charge is 2.25. The van der Waals surface area contributed by atoms with Gasteiger partial charge in [-0.2, -0.15) is 0 Å². The quantitative estimate of drug-likeness (QED) is 0.152. The molecule has 0 amide bonds. The van der Waals surface area contributed by atoms with E-state index in [9.17, 15) is 0 Å². The number of thiophene rings is 2. The van der Waals surface area contributed by atoms with Crippen molar-refractivity contribution in [3.05, 3.63) is 254 Å². The molecular weight excluding hydrogens is 997 g/mol. The zero-order valence-corrected chi connectivity index (χ0v) is 45.4. The summed E-state index contributed by atoms with van der Waals surface area (Å²) in [6.07, 6.45) is 0. The summed E-state index contributed by atoms with van der Waals surface area (Å²) in [5.74, 6) is 1.86. The largest absolute Gasteiger partial charge is 0.308 e. The Balaban J connectivity index is 1.02. The molecule has 0 fully saturated rings. The summed E-state index contributed by atoms with van der Waals surface area (Å²) in [5.41, 5.74) is 16.4. The van der Waals surface area contributed by atoms with E-state index in [1.165, 1.54) is 78.9 Å². The Morgan fingerprint density at radius 1 is 0.291 bits per heavy atom. The Labute approximate surface area is 466 Å². The summed E-state index contributed by atoms with van der Waals surface area (Å²) in [6, 6.07) is 90.7. The zero-order chi connectivity index (χ0) is 52.8. The van der Waals surface area contributed by atoms with Gasteiger partial charge in [0.1, 0.15) is 0 Å². The third kappa shape index (κ3) is 8.22. The first-order valence-corrected chi connectivity index (χ1v) is 28.5. The average Bonchev–Trinajstić information content (AvgIpc) is 4.31. The van der Waals surface area contributed by atoms with Gasteiger partial charge in [-0.05, 0) is 105 Å². The van der Waals surface area contributed by atoms with E-state index < -0.39 is 0 Å². The first kappa shape index (κ1) is 46.9. The van der Waals surface area contributed by atoms with Crippen LogP contribution in [0, 0.1) is 0 Å². The highest BCUT2D eigenvalue weighted by Crippen LogP contribution is 2.46. The SMILES string of the molecule is CC(C)(C)c1ccc(-c2cc(-c3nc(-c4ccc5c(c4)sc4ccccc45)nc(-c4ccc5c(c4)sc4ccccc45)n3)cc(-c3ccccc3)c2-n2c3ccc(-c4ccccc4)cc3c3cc(-c4ccccc4)ccc32)cc1. The molecule has 0 atom stereocenters. The molecule has 0 spiro atoms. The van der Waals surface area contributed by atoms with Crippen LogP contribution in [0.1, 0.15) is 26.3 Å². The Kier molecular flexibility index (Phi) is 11.1. The number of rotatable bonds is 8. The van der Waals surface area contributed by atoms with E-state index in [0.29, 0.717) is 17.5 Å². The van der Waals surface area contributed by atoms with Crippen LogP contribution in [0.3, 0.4) is 0 Å². The van der Waals surface area contributed by atoms with Gasteiger partial charge in [0.15, 0.2) is 17.5 Å². The van der Waals surface area contributed by atoms with E-state index in [4.69, 9.17) is 15.0 Å². The standard InChI is InChI=1S/C73H50N4S2/c1-73(2,3)54-33-27-48(28-34-54)60-42-53(72-75-70(51-29-35-57-55-23-13-15-25-65(55)78-67(57)43-51)74-71(76-72)52-30-36-58-56-24-14-16-26-66(56)79-68(58)44-52)41-59(47-21-11-6-12-22-47)69(60)77-63-37-31-49(45-17-7-4-8-18-45)39-61(63)62-40-50(32-38-64(62)77)46-19-9-5-10-20-46/h4-44H,1-3H3. The Morgan fingerprint density at radius 2 is 0.671 bits per heavy atom. The van der Waals surface area contributed by atoms with Crippen LogP contribution in [0.25, 0.3) is 147 Å². The van der Waals surface area contributed by atoms with Gasteiger partial charge in [-0.3, -0.25) is 0 Å². The molecule has 0 aliphatic carbocycles. The van der Waals surface area contributed by atoms with Crippen LogP contribution >= 0.6 is 22.7 Å². The van der Waals surface area contributed by atoms with Gasteiger partial charge in [0, 0.05) is 78.9 Å². The number of hydrogen-bond donors (Lipinski definition) is 0. The molecule has 15 rings (SSSR count). The topological polar surface area (TPSA) is 43.6 Å². The highest BCUT2D eigenvalue weighted by molar-refractivity contribution is 7.26. The minimum absolute atomic E-state index is 0.0342. The molecule has 4 nitrogen and oxygen atoms in total. The normalized spacial score (nSPS) is 12.0. The molecule has 15 aromatic rings. The van der Waals surface area contributed by atoms with E-state index in [0.717, 1.165) is 55.7 Å². The monoisotopic (exact) mass is 1050 g/mol. The van der Waals surface area contributed by atoms with Gasteiger partial charge in [0.25, 0.3) is 0 Å². The maximum Gasteiger partial charge on any atom is 0.164 e. The maximum absolute atomic E-state index is 5.52. The van der Waals surface area contributed by atoms with Gasteiger partial charge in [0.05, 0.1) is 16.7 Å². The molecule has 0 aliphatic rings. The lowest BCUT2D eigenvalue weighted by atomic mass is 9.85. The molecule has 0 unspecified atom stereocenters. The van der Waals surface area contributed by atoms with Crippen molar-refractivity contribution in [3.8, 4) is 84.4 Å². The lowest BCUT2D eigenvalue weighted by molar-refractivity contribution is 0.590. The van der Waals surface area contributed by atoms with Crippen molar-refractivity contribution in [1.82, 2.24) is 19.5 Å². The van der Waals surface area contributed by atoms with E-state index >= 15 is 0 Å². The lowest BCUT2D eigenvalue weighted by Gasteiger charge is -2.22. The van der Waals surface area contributed by atoms with Crippen molar-refractivity contribution in [3.63, 3.8) is 0 Å². The number of benzene rings is 11. The fourth-order valence-corrected chi connectivity index (χ4v) is 13.9. The van der Waals surface area contributed by atoms with Crippen molar-refractivity contribution in [1.29, 1.82) is 0 Å². The highest BCUT2D eigenvalue weighted by atomic mass is 32.1. The van der Waals surface area contributed by atoms with E-state index in [-0.39, 0.29) is 5.41 Å². The number of aromatic nitrogens is 4. The van der Waals surface area contributed by atoms with E-state index in [2.05, 4.69) is 274 Å².